The van der Waals surface area contributed by atoms with Crippen LogP contribution in [-0.4, -0.2) is 41.2 Å². The smallest absolute Gasteiger partial charge is 0.105 e. The molecule has 0 saturated carbocycles. The second kappa shape index (κ2) is 2.84. The summed E-state index contributed by atoms with van der Waals surface area (Å²) < 4.78 is 5.04. The quantitative estimate of drug-likeness (QED) is 0.388. The van der Waals surface area contributed by atoms with E-state index in [1.807, 2.05) is 0 Å². The normalized spacial score (nSPS) is 49.2. The van der Waals surface area contributed by atoms with Gasteiger partial charge in [-0.1, -0.05) is 0 Å². The first-order valence-corrected chi connectivity index (χ1v) is 3.36. The molecule has 0 aromatic heterocycles. The van der Waals surface area contributed by atoms with Crippen LogP contribution in [0.5, 0.6) is 0 Å². The Balaban J connectivity index is 2.52. The van der Waals surface area contributed by atoms with Gasteiger partial charge in [-0.25, -0.2) is 0 Å². The SMILES string of the molecule is C[C@H]1OC[C@@H](O)[C@@H](O)[C@@H]1N. The highest BCUT2D eigenvalue weighted by Crippen LogP contribution is 2.12. The summed E-state index contributed by atoms with van der Waals surface area (Å²) in [5, 5.41) is 18.2. The van der Waals surface area contributed by atoms with E-state index in [2.05, 4.69) is 0 Å². The zero-order valence-electron chi connectivity index (χ0n) is 5.90. The van der Waals surface area contributed by atoms with E-state index in [4.69, 9.17) is 20.7 Å². The molecule has 0 aromatic rings. The van der Waals surface area contributed by atoms with Gasteiger partial charge >= 0.3 is 0 Å². The van der Waals surface area contributed by atoms with E-state index in [0.717, 1.165) is 0 Å². The van der Waals surface area contributed by atoms with Crippen LogP contribution in [0.1, 0.15) is 6.92 Å². The molecule has 0 aliphatic carbocycles. The average molecular weight is 147 g/mol. The van der Waals surface area contributed by atoms with E-state index in [1.165, 1.54) is 0 Å². The maximum atomic E-state index is 9.16. The second-order valence-corrected chi connectivity index (χ2v) is 2.67. The van der Waals surface area contributed by atoms with E-state index < -0.39 is 18.2 Å². The van der Waals surface area contributed by atoms with Crippen molar-refractivity contribution in [1.82, 2.24) is 0 Å². The van der Waals surface area contributed by atoms with Crippen molar-refractivity contribution in [3.8, 4) is 0 Å². The summed E-state index contributed by atoms with van der Waals surface area (Å²) in [6, 6.07) is -0.469. The Morgan fingerprint density at radius 3 is 2.60 bits per heavy atom. The average Bonchev–Trinajstić information content (AvgIpc) is 1.93. The molecule has 60 valence electrons. The lowest BCUT2D eigenvalue weighted by molar-refractivity contribution is -0.127. The number of ether oxygens (including phenoxy) is 1. The molecule has 0 amide bonds. The highest BCUT2D eigenvalue weighted by molar-refractivity contribution is 4.87. The summed E-state index contributed by atoms with van der Waals surface area (Å²) >= 11 is 0. The van der Waals surface area contributed by atoms with E-state index in [-0.39, 0.29) is 12.7 Å². The molecule has 4 heteroatoms. The third-order valence-electron chi connectivity index (χ3n) is 1.86. The molecule has 1 fully saturated rings. The Morgan fingerprint density at radius 2 is 2.10 bits per heavy atom. The highest BCUT2D eigenvalue weighted by atomic mass is 16.5. The molecule has 1 heterocycles. The Bertz CT molecular complexity index is 106. The molecule has 1 aliphatic rings. The first-order valence-electron chi connectivity index (χ1n) is 3.36. The first kappa shape index (κ1) is 7.94. The molecule has 10 heavy (non-hydrogen) atoms. The Labute approximate surface area is 59.6 Å². The number of hydrogen-bond acceptors (Lipinski definition) is 4. The third-order valence-corrected chi connectivity index (χ3v) is 1.86. The van der Waals surface area contributed by atoms with E-state index in [9.17, 15) is 0 Å². The van der Waals surface area contributed by atoms with Crippen LogP contribution in [0.25, 0.3) is 0 Å². The van der Waals surface area contributed by atoms with Crippen LogP contribution in [-0.2, 0) is 4.74 Å². The molecule has 0 spiro atoms. The molecule has 0 bridgehead atoms. The number of hydrogen-bond donors (Lipinski definition) is 3. The Hall–Kier alpha value is -0.160. The van der Waals surface area contributed by atoms with Gasteiger partial charge < -0.3 is 20.7 Å². The van der Waals surface area contributed by atoms with Gasteiger partial charge in [0.2, 0.25) is 0 Å². The molecular weight excluding hydrogens is 134 g/mol. The minimum atomic E-state index is -0.844. The number of aliphatic hydroxyl groups excluding tert-OH is 2. The van der Waals surface area contributed by atoms with Crippen molar-refractivity contribution < 1.29 is 14.9 Å². The van der Waals surface area contributed by atoms with Crippen LogP contribution in [0.15, 0.2) is 0 Å². The van der Waals surface area contributed by atoms with Crippen LogP contribution < -0.4 is 5.73 Å². The standard InChI is InChI=1S/C6H13NO3/c1-3-5(7)6(9)4(8)2-10-3/h3-6,8-9H,2,7H2,1H3/t3-,4-,5-,6-/m1/s1. The fourth-order valence-corrected chi connectivity index (χ4v) is 0.994. The summed E-state index contributed by atoms with van der Waals surface area (Å²) in [5.74, 6) is 0. The monoisotopic (exact) mass is 147 g/mol. The van der Waals surface area contributed by atoms with E-state index >= 15 is 0 Å². The molecule has 4 atom stereocenters. The fraction of sp³-hybridized carbons (Fsp3) is 1.00. The predicted molar refractivity (Wildman–Crippen MR) is 35.4 cm³/mol. The number of nitrogens with two attached hydrogens (primary N) is 1. The molecule has 4 nitrogen and oxygen atoms in total. The lowest BCUT2D eigenvalue weighted by atomic mass is 9.99. The summed E-state index contributed by atoms with van der Waals surface area (Å²) in [7, 11) is 0. The van der Waals surface area contributed by atoms with Crippen molar-refractivity contribution in [1.29, 1.82) is 0 Å². The first-order chi connectivity index (χ1) is 4.63. The number of aliphatic hydroxyl groups is 2. The van der Waals surface area contributed by atoms with Crippen LogP contribution in [0, 0.1) is 0 Å². The van der Waals surface area contributed by atoms with Gasteiger partial charge in [0.1, 0.15) is 6.10 Å². The van der Waals surface area contributed by atoms with Gasteiger partial charge in [-0.15, -0.1) is 0 Å². The Kier molecular flexibility index (Phi) is 2.25. The highest BCUT2D eigenvalue weighted by Gasteiger charge is 2.33. The van der Waals surface area contributed by atoms with Gasteiger partial charge in [0, 0.05) is 0 Å². The summed E-state index contributed by atoms with van der Waals surface area (Å²) in [5.41, 5.74) is 5.48. The molecule has 1 saturated heterocycles. The zero-order valence-corrected chi connectivity index (χ0v) is 5.90. The van der Waals surface area contributed by atoms with Gasteiger partial charge in [0.05, 0.1) is 24.9 Å². The molecule has 0 radical (unpaired) electrons. The second-order valence-electron chi connectivity index (χ2n) is 2.67. The number of rotatable bonds is 0. The van der Waals surface area contributed by atoms with Gasteiger partial charge in [0.25, 0.3) is 0 Å². The van der Waals surface area contributed by atoms with Gasteiger partial charge in [-0.05, 0) is 6.92 Å². The van der Waals surface area contributed by atoms with Crippen LogP contribution >= 0.6 is 0 Å². The van der Waals surface area contributed by atoms with E-state index in [1.54, 1.807) is 6.92 Å². The van der Waals surface area contributed by atoms with Crippen molar-refractivity contribution in [3.63, 3.8) is 0 Å². The van der Waals surface area contributed by atoms with Crippen LogP contribution in [0.2, 0.25) is 0 Å². The summed E-state index contributed by atoms with van der Waals surface area (Å²) in [6.07, 6.45) is -1.84. The summed E-state index contributed by atoms with van der Waals surface area (Å²) in [6.45, 7) is 1.95. The molecule has 0 unspecified atom stereocenters. The molecule has 1 aliphatic heterocycles. The molecule has 4 N–H and O–H groups in total. The van der Waals surface area contributed by atoms with Crippen molar-refractivity contribution >= 4 is 0 Å². The van der Waals surface area contributed by atoms with Gasteiger partial charge in [-0.3, -0.25) is 0 Å². The van der Waals surface area contributed by atoms with Crippen LogP contribution in [0.3, 0.4) is 0 Å². The molecular formula is C6H13NO3. The predicted octanol–water partition coefficient (Wildman–Crippen LogP) is -1.55. The van der Waals surface area contributed by atoms with E-state index in [0.29, 0.717) is 0 Å². The zero-order chi connectivity index (χ0) is 7.72. The summed E-state index contributed by atoms with van der Waals surface area (Å²) in [4.78, 5) is 0. The van der Waals surface area contributed by atoms with Gasteiger partial charge in [0.15, 0.2) is 0 Å². The van der Waals surface area contributed by atoms with Crippen molar-refractivity contribution in [2.45, 2.75) is 31.3 Å². The van der Waals surface area contributed by atoms with Crippen molar-refractivity contribution in [2.24, 2.45) is 5.73 Å². The largest absolute Gasteiger partial charge is 0.389 e. The topological polar surface area (TPSA) is 75.7 Å². The third kappa shape index (κ3) is 1.29. The van der Waals surface area contributed by atoms with Crippen molar-refractivity contribution in [2.75, 3.05) is 6.61 Å². The lowest BCUT2D eigenvalue weighted by Crippen LogP contribution is -2.56. The van der Waals surface area contributed by atoms with Crippen molar-refractivity contribution in [3.05, 3.63) is 0 Å². The minimum absolute atomic E-state index is 0.168. The maximum Gasteiger partial charge on any atom is 0.105 e. The molecule has 0 aromatic carbocycles. The maximum absolute atomic E-state index is 9.16. The minimum Gasteiger partial charge on any atom is -0.389 e. The van der Waals surface area contributed by atoms with Crippen LogP contribution in [0.4, 0.5) is 0 Å². The molecule has 1 rings (SSSR count). The lowest BCUT2D eigenvalue weighted by Gasteiger charge is -2.34. The van der Waals surface area contributed by atoms with Gasteiger partial charge in [-0.2, -0.15) is 0 Å². The Morgan fingerprint density at radius 1 is 1.50 bits per heavy atom. The fourth-order valence-electron chi connectivity index (χ4n) is 0.994.